The summed E-state index contributed by atoms with van der Waals surface area (Å²) in [4.78, 5) is 33.4. The van der Waals surface area contributed by atoms with Gasteiger partial charge in [-0.2, -0.15) is 18.3 Å². The van der Waals surface area contributed by atoms with Gasteiger partial charge in [0, 0.05) is 42.9 Å². The average molecular weight is 539 g/mol. The second kappa shape index (κ2) is 9.93. The van der Waals surface area contributed by atoms with Crippen molar-refractivity contribution in [3.63, 3.8) is 0 Å². The van der Waals surface area contributed by atoms with Crippen molar-refractivity contribution in [2.75, 3.05) is 30.5 Å². The number of aryl methyl sites for hydroxylation is 1. The number of nitrogens with zero attached hydrogens (tertiary/aromatic N) is 6. The van der Waals surface area contributed by atoms with Crippen molar-refractivity contribution >= 4 is 23.2 Å². The molecule has 1 aliphatic heterocycles. The monoisotopic (exact) mass is 538 g/mol. The minimum Gasteiger partial charge on any atom is -0.497 e. The number of ether oxygens (including phenoxy) is 1. The number of carbonyl (C=O) groups is 2. The Morgan fingerprint density at radius 1 is 1.08 bits per heavy atom. The summed E-state index contributed by atoms with van der Waals surface area (Å²) in [5.74, 6) is 0.485. The Morgan fingerprint density at radius 3 is 2.33 bits per heavy atom. The van der Waals surface area contributed by atoms with E-state index in [0.717, 1.165) is 10.5 Å². The number of hydrogen-bond acceptors (Lipinski definition) is 5. The second-order valence-electron chi connectivity index (χ2n) is 9.06. The molecule has 0 spiro atoms. The van der Waals surface area contributed by atoms with E-state index >= 15 is 0 Å². The SMILES string of the molecule is COc1ccc(-n2nc(C(F)(F)F)c3c2C(=O)N(c2ccc(N(C)C(=O)Cn4ccnc4C)cc2)CC3)cc1. The standard InChI is InChI=1S/C27H25F3N6O3/c1-17-31-13-15-34(17)16-23(37)33(2)18-4-6-19(7-5-18)35-14-12-22-24(26(35)38)36(32-25(22)27(28,29)30)20-8-10-21(39-3)11-9-20/h4-11,13,15H,12,14,16H2,1-3H3. The fourth-order valence-electron chi connectivity index (χ4n) is 4.57. The number of amides is 2. The van der Waals surface area contributed by atoms with E-state index in [1.54, 1.807) is 79.5 Å². The van der Waals surface area contributed by atoms with Crippen molar-refractivity contribution in [2.24, 2.45) is 0 Å². The minimum atomic E-state index is -4.71. The van der Waals surface area contributed by atoms with E-state index in [2.05, 4.69) is 10.1 Å². The number of halogens is 3. The van der Waals surface area contributed by atoms with Crippen LogP contribution in [0.25, 0.3) is 5.69 Å². The highest BCUT2D eigenvalue weighted by Crippen LogP contribution is 2.37. The number of methoxy groups -OCH3 is 1. The lowest BCUT2D eigenvalue weighted by Crippen LogP contribution is -2.39. The van der Waals surface area contributed by atoms with Gasteiger partial charge in [-0.15, -0.1) is 0 Å². The van der Waals surface area contributed by atoms with Gasteiger partial charge in [-0.25, -0.2) is 9.67 Å². The predicted molar refractivity (Wildman–Crippen MR) is 137 cm³/mol. The molecule has 0 aliphatic carbocycles. The van der Waals surface area contributed by atoms with Crippen LogP contribution in [-0.4, -0.2) is 51.8 Å². The van der Waals surface area contributed by atoms with E-state index in [-0.39, 0.29) is 36.7 Å². The molecular weight excluding hydrogens is 513 g/mol. The molecule has 2 aromatic heterocycles. The highest BCUT2D eigenvalue weighted by atomic mass is 19.4. The van der Waals surface area contributed by atoms with E-state index in [9.17, 15) is 22.8 Å². The Morgan fingerprint density at radius 2 is 1.74 bits per heavy atom. The Bertz CT molecular complexity index is 1520. The van der Waals surface area contributed by atoms with E-state index < -0.39 is 17.8 Å². The molecule has 0 radical (unpaired) electrons. The molecular formula is C27H25F3N6O3. The fourth-order valence-corrected chi connectivity index (χ4v) is 4.57. The van der Waals surface area contributed by atoms with Crippen LogP contribution >= 0.6 is 0 Å². The maximum absolute atomic E-state index is 13.8. The summed E-state index contributed by atoms with van der Waals surface area (Å²) in [5, 5.41) is 3.81. The van der Waals surface area contributed by atoms with Gasteiger partial charge >= 0.3 is 6.18 Å². The molecule has 2 aromatic carbocycles. The molecule has 0 fully saturated rings. The Hall–Kier alpha value is -4.61. The van der Waals surface area contributed by atoms with Gasteiger partial charge in [-0.3, -0.25) is 9.59 Å². The van der Waals surface area contributed by atoms with E-state index in [4.69, 9.17) is 4.74 Å². The van der Waals surface area contributed by atoms with Crippen molar-refractivity contribution in [1.29, 1.82) is 0 Å². The summed E-state index contributed by atoms with van der Waals surface area (Å²) in [6.07, 6.45) is -1.38. The average Bonchev–Trinajstić information content (AvgIpc) is 3.52. The zero-order chi connectivity index (χ0) is 27.9. The molecule has 3 heterocycles. The molecule has 0 atom stereocenters. The summed E-state index contributed by atoms with van der Waals surface area (Å²) in [7, 11) is 3.13. The maximum atomic E-state index is 13.8. The van der Waals surface area contributed by atoms with Crippen LogP contribution in [0.3, 0.4) is 0 Å². The number of benzene rings is 2. The van der Waals surface area contributed by atoms with Gasteiger partial charge in [-0.1, -0.05) is 0 Å². The first-order valence-corrected chi connectivity index (χ1v) is 12.1. The van der Waals surface area contributed by atoms with E-state index in [1.807, 2.05) is 0 Å². The van der Waals surface area contributed by atoms with Crippen LogP contribution in [0.15, 0.2) is 60.9 Å². The number of fused-ring (bicyclic) bond motifs is 1. The molecule has 0 N–H and O–H groups in total. The number of likely N-dealkylation sites (N-methyl/N-ethyl adjacent to an activating group) is 1. The summed E-state index contributed by atoms with van der Waals surface area (Å²) in [5.41, 5.74) is 0.0828. The molecule has 12 heteroatoms. The quantitative estimate of drug-likeness (QED) is 0.366. The van der Waals surface area contributed by atoms with Crippen molar-refractivity contribution < 1.29 is 27.5 Å². The molecule has 0 bridgehead atoms. The number of hydrogen-bond donors (Lipinski definition) is 0. The molecule has 4 aromatic rings. The van der Waals surface area contributed by atoms with Gasteiger partial charge in [0.2, 0.25) is 5.91 Å². The van der Waals surface area contributed by atoms with Gasteiger partial charge in [-0.05, 0) is 61.9 Å². The lowest BCUT2D eigenvalue weighted by molar-refractivity contribution is -0.142. The molecule has 202 valence electrons. The third-order valence-electron chi connectivity index (χ3n) is 6.75. The van der Waals surface area contributed by atoms with Gasteiger partial charge in [0.05, 0.1) is 12.8 Å². The van der Waals surface area contributed by atoms with Crippen LogP contribution < -0.4 is 14.5 Å². The first-order valence-electron chi connectivity index (χ1n) is 12.1. The molecule has 2 amide bonds. The molecule has 0 unspecified atom stereocenters. The molecule has 1 aliphatic rings. The van der Waals surface area contributed by atoms with Crippen LogP contribution in [0.2, 0.25) is 0 Å². The zero-order valence-corrected chi connectivity index (χ0v) is 21.4. The van der Waals surface area contributed by atoms with Crippen molar-refractivity contribution in [1.82, 2.24) is 19.3 Å². The normalized spacial score (nSPS) is 13.4. The Balaban J connectivity index is 1.43. The summed E-state index contributed by atoms with van der Waals surface area (Å²) in [6.45, 7) is 1.98. The number of rotatable bonds is 6. The molecule has 9 nitrogen and oxygen atoms in total. The molecule has 5 rings (SSSR count). The number of alkyl halides is 3. The van der Waals surface area contributed by atoms with Gasteiger partial charge in [0.15, 0.2) is 5.69 Å². The number of carbonyl (C=O) groups excluding carboxylic acids is 2. The van der Waals surface area contributed by atoms with Crippen LogP contribution in [0.1, 0.15) is 27.6 Å². The second-order valence-corrected chi connectivity index (χ2v) is 9.06. The maximum Gasteiger partial charge on any atom is 0.435 e. The lowest BCUT2D eigenvalue weighted by Gasteiger charge is -2.28. The predicted octanol–water partition coefficient (Wildman–Crippen LogP) is 4.27. The summed E-state index contributed by atoms with van der Waals surface area (Å²) >= 11 is 0. The van der Waals surface area contributed by atoms with E-state index in [0.29, 0.717) is 22.8 Å². The summed E-state index contributed by atoms with van der Waals surface area (Å²) < 4.78 is 49.4. The molecule has 0 saturated carbocycles. The van der Waals surface area contributed by atoms with Crippen LogP contribution in [0.5, 0.6) is 5.75 Å². The number of imidazole rings is 1. The smallest absolute Gasteiger partial charge is 0.435 e. The lowest BCUT2D eigenvalue weighted by atomic mass is 10.0. The molecule has 0 saturated heterocycles. The summed E-state index contributed by atoms with van der Waals surface area (Å²) in [6, 6.07) is 13.0. The Kier molecular flexibility index (Phi) is 6.62. The third-order valence-corrected chi connectivity index (χ3v) is 6.75. The van der Waals surface area contributed by atoms with Crippen LogP contribution in [-0.2, 0) is 23.9 Å². The first-order chi connectivity index (χ1) is 18.6. The van der Waals surface area contributed by atoms with Crippen molar-refractivity contribution in [3.8, 4) is 11.4 Å². The highest BCUT2D eigenvalue weighted by Gasteiger charge is 2.43. The fraction of sp³-hybridized carbons (Fsp3) is 0.259. The molecule has 39 heavy (non-hydrogen) atoms. The number of anilines is 2. The van der Waals surface area contributed by atoms with Gasteiger partial charge in [0.25, 0.3) is 5.91 Å². The topological polar surface area (TPSA) is 85.5 Å². The van der Waals surface area contributed by atoms with Crippen molar-refractivity contribution in [2.45, 2.75) is 26.1 Å². The highest BCUT2D eigenvalue weighted by molar-refractivity contribution is 6.07. The zero-order valence-electron chi connectivity index (χ0n) is 21.4. The van der Waals surface area contributed by atoms with Gasteiger partial charge < -0.3 is 19.1 Å². The van der Waals surface area contributed by atoms with E-state index in [1.165, 1.54) is 16.9 Å². The first kappa shape index (κ1) is 26.0. The third kappa shape index (κ3) is 4.85. The number of aromatic nitrogens is 4. The van der Waals surface area contributed by atoms with Crippen LogP contribution in [0, 0.1) is 6.92 Å². The Labute approximate surface area is 222 Å². The van der Waals surface area contributed by atoms with Gasteiger partial charge in [0.1, 0.15) is 23.8 Å². The minimum absolute atomic E-state index is 0.0174. The van der Waals surface area contributed by atoms with Crippen LogP contribution in [0.4, 0.5) is 24.5 Å². The van der Waals surface area contributed by atoms with Crippen molar-refractivity contribution in [3.05, 3.63) is 83.7 Å². The largest absolute Gasteiger partial charge is 0.497 e.